The average Bonchev–Trinajstić information content (AvgIpc) is 3.00. The molecule has 0 aromatic rings. The molecule has 0 aliphatic heterocycles. The third-order valence-electron chi connectivity index (χ3n) is 4.80. The van der Waals surface area contributed by atoms with Crippen LogP contribution in [0.25, 0.3) is 0 Å². The fourth-order valence-electron chi connectivity index (χ4n) is 3.48. The Hall–Kier alpha value is -0.330. The van der Waals surface area contributed by atoms with Crippen LogP contribution >= 0.6 is 0 Å². The molecule has 0 aromatic carbocycles. The van der Waals surface area contributed by atoms with Crippen molar-refractivity contribution < 1.29 is 4.79 Å². The molecule has 17 heavy (non-hydrogen) atoms. The molecule has 2 aliphatic rings. The minimum atomic E-state index is 0.551. The van der Waals surface area contributed by atoms with Gasteiger partial charge in [0.1, 0.15) is 5.78 Å². The number of rotatable bonds is 1. The molecule has 2 rings (SSSR count). The van der Waals surface area contributed by atoms with E-state index in [1.165, 1.54) is 51.4 Å². The van der Waals surface area contributed by atoms with Gasteiger partial charge < -0.3 is 0 Å². The topological polar surface area (TPSA) is 17.1 Å². The average molecular weight is 236 g/mol. The van der Waals surface area contributed by atoms with Crippen LogP contribution in [0.15, 0.2) is 0 Å². The lowest BCUT2D eigenvalue weighted by Gasteiger charge is -2.17. The summed E-state index contributed by atoms with van der Waals surface area (Å²) in [5, 5.41) is 0. The first-order chi connectivity index (χ1) is 8.27. The van der Waals surface area contributed by atoms with Crippen molar-refractivity contribution in [1.29, 1.82) is 0 Å². The fraction of sp³-hybridized carbons (Fsp3) is 0.938. The largest absolute Gasteiger partial charge is 0.300 e. The van der Waals surface area contributed by atoms with Crippen molar-refractivity contribution in [2.45, 2.75) is 77.6 Å². The predicted molar refractivity (Wildman–Crippen MR) is 71.9 cm³/mol. The van der Waals surface area contributed by atoms with Crippen molar-refractivity contribution in [1.82, 2.24) is 0 Å². The number of carbonyl (C=O) groups excluding carboxylic acids is 1. The molecule has 3 atom stereocenters. The van der Waals surface area contributed by atoms with Crippen molar-refractivity contribution in [2.75, 3.05) is 0 Å². The van der Waals surface area contributed by atoms with Gasteiger partial charge >= 0.3 is 0 Å². The summed E-state index contributed by atoms with van der Waals surface area (Å²) in [5.41, 5.74) is 0. The maximum Gasteiger partial charge on any atom is 0.133 e. The van der Waals surface area contributed by atoms with Crippen molar-refractivity contribution in [3.63, 3.8) is 0 Å². The van der Waals surface area contributed by atoms with E-state index < -0.39 is 0 Å². The van der Waals surface area contributed by atoms with Crippen molar-refractivity contribution in [3.8, 4) is 0 Å². The summed E-state index contributed by atoms with van der Waals surface area (Å²) >= 11 is 0. The summed E-state index contributed by atoms with van der Waals surface area (Å²) in [6, 6.07) is 0. The van der Waals surface area contributed by atoms with Crippen LogP contribution in [0.3, 0.4) is 0 Å². The molecule has 0 spiro atoms. The molecule has 1 heteroatoms. The number of hydrogen-bond acceptors (Lipinski definition) is 1. The van der Waals surface area contributed by atoms with Crippen LogP contribution in [0, 0.1) is 17.8 Å². The first-order valence-electron chi connectivity index (χ1n) is 7.79. The zero-order valence-electron chi connectivity index (χ0n) is 11.4. The highest BCUT2D eigenvalue weighted by Crippen LogP contribution is 2.47. The van der Waals surface area contributed by atoms with Gasteiger partial charge in [-0.25, -0.2) is 0 Å². The quantitative estimate of drug-likeness (QED) is 0.642. The lowest BCUT2D eigenvalue weighted by molar-refractivity contribution is -0.120. The van der Waals surface area contributed by atoms with E-state index in [2.05, 4.69) is 6.92 Å². The molecular formula is C16H28O. The van der Waals surface area contributed by atoms with Crippen LogP contribution in [0.4, 0.5) is 0 Å². The Morgan fingerprint density at radius 3 is 2.18 bits per heavy atom. The summed E-state index contributed by atoms with van der Waals surface area (Å²) < 4.78 is 0. The molecule has 2 saturated carbocycles. The molecule has 0 N–H and O–H groups in total. The molecule has 2 aliphatic carbocycles. The second kappa shape index (κ2) is 6.56. The second-order valence-corrected chi connectivity index (χ2v) is 6.39. The van der Waals surface area contributed by atoms with Crippen molar-refractivity contribution in [2.24, 2.45) is 17.8 Å². The molecular weight excluding hydrogens is 208 g/mol. The molecule has 0 bridgehead atoms. The Morgan fingerprint density at radius 2 is 1.53 bits per heavy atom. The first kappa shape index (κ1) is 13.1. The van der Waals surface area contributed by atoms with Gasteiger partial charge in [-0.05, 0) is 37.0 Å². The highest BCUT2D eigenvalue weighted by molar-refractivity contribution is 5.78. The van der Waals surface area contributed by atoms with E-state index in [4.69, 9.17) is 0 Å². The molecule has 0 radical (unpaired) electrons. The Bertz CT molecular complexity index is 246. The fourth-order valence-corrected chi connectivity index (χ4v) is 3.48. The van der Waals surface area contributed by atoms with Crippen molar-refractivity contribution in [3.05, 3.63) is 0 Å². The first-order valence-corrected chi connectivity index (χ1v) is 7.79. The van der Waals surface area contributed by atoms with Crippen LogP contribution in [-0.4, -0.2) is 5.78 Å². The third-order valence-corrected chi connectivity index (χ3v) is 4.80. The van der Waals surface area contributed by atoms with Crippen LogP contribution in [0.1, 0.15) is 77.6 Å². The molecule has 0 aromatic heterocycles. The Kier molecular flexibility index (Phi) is 5.06. The van der Waals surface area contributed by atoms with Gasteiger partial charge in [0.15, 0.2) is 0 Å². The standard InChI is InChI=1S/C16H28O/c1-13-11-16(13)14-9-7-5-3-2-4-6-8-10-15(17)12-14/h13-14,16H,2-12H2,1H3/t13-,14?,16+/m0/s1. The lowest BCUT2D eigenvalue weighted by Crippen LogP contribution is -2.12. The van der Waals surface area contributed by atoms with Crippen LogP contribution in [0.5, 0.6) is 0 Å². The summed E-state index contributed by atoms with van der Waals surface area (Å²) in [6.45, 7) is 2.35. The number of Topliss-reactive ketones (excluding diaryl/α,β-unsaturated/α-hetero) is 1. The van der Waals surface area contributed by atoms with Gasteiger partial charge in [0.05, 0.1) is 0 Å². The number of ketones is 1. The minimum absolute atomic E-state index is 0.551. The van der Waals surface area contributed by atoms with Gasteiger partial charge in [-0.1, -0.05) is 45.4 Å². The van der Waals surface area contributed by atoms with Gasteiger partial charge in [0.2, 0.25) is 0 Å². The van der Waals surface area contributed by atoms with Gasteiger partial charge in [-0.15, -0.1) is 0 Å². The maximum atomic E-state index is 11.9. The molecule has 0 amide bonds. The third kappa shape index (κ3) is 4.44. The summed E-state index contributed by atoms with van der Waals surface area (Å²) in [4.78, 5) is 11.9. The SMILES string of the molecule is C[C@H]1C[C@H]1C1CCCCCCCCCC(=O)C1. The molecule has 1 unspecified atom stereocenters. The van der Waals surface area contributed by atoms with E-state index in [9.17, 15) is 4.79 Å². The van der Waals surface area contributed by atoms with E-state index in [0.29, 0.717) is 5.78 Å². The molecule has 0 saturated heterocycles. The summed E-state index contributed by atoms with van der Waals surface area (Å²) in [5.74, 6) is 3.08. The van der Waals surface area contributed by atoms with Gasteiger partial charge in [-0.3, -0.25) is 4.79 Å². The Morgan fingerprint density at radius 1 is 0.941 bits per heavy atom. The maximum absolute atomic E-state index is 11.9. The Labute approximate surface area is 106 Å². The van der Waals surface area contributed by atoms with E-state index in [1.807, 2.05) is 0 Å². The predicted octanol–water partition coefficient (Wildman–Crippen LogP) is 4.74. The monoisotopic (exact) mass is 236 g/mol. The second-order valence-electron chi connectivity index (χ2n) is 6.39. The Balaban J connectivity index is 1.82. The van der Waals surface area contributed by atoms with E-state index in [1.54, 1.807) is 0 Å². The molecule has 2 fully saturated rings. The normalized spacial score (nSPS) is 37.0. The summed E-state index contributed by atoms with van der Waals surface area (Å²) in [7, 11) is 0. The molecule has 0 heterocycles. The zero-order chi connectivity index (χ0) is 12.1. The lowest BCUT2D eigenvalue weighted by atomic mass is 9.88. The van der Waals surface area contributed by atoms with Crippen molar-refractivity contribution >= 4 is 5.78 Å². The number of carbonyl (C=O) groups is 1. The van der Waals surface area contributed by atoms with E-state index >= 15 is 0 Å². The van der Waals surface area contributed by atoms with E-state index in [0.717, 1.165) is 37.0 Å². The van der Waals surface area contributed by atoms with Crippen LogP contribution in [-0.2, 0) is 4.79 Å². The molecule has 1 nitrogen and oxygen atoms in total. The highest BCUT2D eigenvalue weighted by Gasteiger charge is 2.39. The molecule has 98 valence electrons. The zero-order valence-corrected chi connectivity index (χ0v) is 11.4. The van der Waals surface area contributed by atoms with Gasteiger partial charge in [0, 0.05) is 12.8 Å². The van der Waals surface area contributed by atoms with Crippen LogP contribution in [0.2, 0.25) is 0 Å². The summed E-state index contributed by atoms with van der Waals surface area (Å²) in [6.07, 6.45) is 13.8. The van der Waals surface area contributed by atoms with Gasteiger partial charge in [0.25, 0.3) is 0 Å². The smallest absolute Gasteiger partial charge is 0.133 e. The van der Waals surface area contributed by atoms with Gasteiger partial charge in [-0.2, -0.15) is 0 Å². The number of hydrogen-bond donors (Lipinski definition) is 0. The highest BCUT2D eigenvalue weighted by atomic mass is 16.1. The van der Waals surface area contributed by atoms with E-state index in [-0.39, 0.29) is 0 Å². The van der Waals surface area contributed by atoms with Crippen LogP contribution < -0.4 is 0 Å². The minimum Gasteiger partial charge on any atom is -0.300 e.